The Bertz CT molecular complexity index is 671. The Morgan fingerprint density at radius 3 is 2.33 bits per heavy atom. The minimum absolute atomic E-state index is 0.260. The van der Waals surface area contributed by atoms with E-state index in [1.165, 1.54) is 0 Å². The van der Waals surface area contributed by atoms with Crippen molar-refractivity contribution in [1.29, 1.82) is 0 Å². The Labute approximate surface area is 166 Å². The van der Waals surface area contributed by atoms with Gasteiger partial charge in [0, 0.05) is 11.1 Å². The highest BCUT2D eigenvalue weighted by Crippen LogP contribution is 2.07. The molecule has 3 amide bonds. The number of amides is 3. The van der Waals surface area contributed by atoms with Crippen LogP contribution in [0, 0.1) is 6.92 Å². The fourth-order valence-electron chi connectivity index (χ4n) is 2.39. The molecule has 0 bridgehead atoms. The molecule has 0 spiro atoms. The van der Waals surface area contributed by atoms with E-state index in [2.05, 4.69) is 16.0 Å². The van der Waals surface area contributed by atoms with Crippen molar-refractivity contribution in [3.63, 3.8) is 0 Å². The molecule has 0 saturated carbocycles. The summed E-state index contributed by atoms with van der Waals surface area (Å²) in [4.78, 5) is 37.3. The Hall–Kier alpha value is -2.02. The van der Waals surface area contributed by atoms with Gasteiger partial charge >= 0.3 is 0 Å². The summed E-state index contributed by atoms with van der Waals surface area (Å²) in [5, 5.41) is 8.33. The van der Waals surface area contributed by atoms with Crippen LogP contribution in [0.15, 0.2) is 24.3 Å². The third-order valence-electron chi connectivity index (χ3n) is 3.76. The maximum Gasteiger partial charge on any atom is 0.251 e. The van der Waals surface area contributed by atoms with Crippen molar-refractivity contribution in [2.45, 2.75) is 58.7 Å². The van der Waals surface area contributed by atoms with Crippen LogP contribution < -0.4 is 16.0 Å². The Kier molecular flexibility index (Phi) is 8.82. The summed E-state index contributed by atoms with van der Waals surface area (Å²) >= 11 is 1.60. The van der Waals surface area contributed by atoms with Gasteiger partial charge in [0.2, 0.25) is 11.8 Å². The molecule has 7 heteroatoms. The van der Waals surface area contributed by atoms with E-state index >= 15 is 0 Å². The molecule has 2 unspecified atom stereocenters. The fourth-order valence-corrected chi connectivity index (χ4v) is 2.86. The van der Waals surface area contributed by atoms with Crippen molar-refractivity contribution in [1.82, 2.24) is 16.0 Å². The monoisotopic (exact) mass is 393 g/mol. The van der Waals surface area contributed by atoms with Gasteiger partial charge in [0.25, 0.3) is 5.91 Å². The Balaban J connectivity index is 2.78. The second-order valence-corrected chi connectivity index (χ2v) is 8.63. The second-order valence-electron chi connectivity index (χ2n) is 7.65. The molecule has 150 valence electrons. The molecule has 1 aromatic rings. The molecule has 1 aromatic carbocycles. The molecule has 0 fully saturated rings. The summed E-state index contributed by atoms with van der Waals surface area (Å²) in [5.41, 5.74) is 1.10. The number of nitrogens with one attached hydrogen (secondary N) is 3. The molecule has 0 saturated heterocycles. The van der Waals surface area contributed by atoms with Crippen LogP contribution >= 0.6 is 11.8 Å². The van der Waals surface area contributed by atoms with Crippen LogP contribution in [0.1, 0.15) is 50.0 Å². The van der Waals surface area contributed by atoms with Crippen LogP contribution in [0.3, 0.4) is 0 Å². The van der Waals surface area contributed by atoms with E-state index in [0.29, 0.717) is 12.0 Å². The minimum Gasteiger partial charge on any atom is -0.350 e. The van der Waals surface area contributed by atoms with Crippen LogP contribution in [-0.4, -0.2) is 47.4 Å². The van der Waals surface area contributed by atoms with E-state index in [4.69, 9.17) is 0 Å². The number of carbonyl (C=O) groups is 3. The van der Waals surface area contributed by atoms with E-state index in [-0.39, 0.29) is 23.3 Å². The molecule has 6 nitrogen and oxygen atoms in total. The van der Waals surface area contributed by atoms with E-state index < -0.39 is 12.1 Å². The zero-order chi connectivity index (χ0) is 20.6. The van der Waals surface area contributed by atoms with E-state index in [9.17, 15) is 14.4 Å². The normalized spacial score (nSPS) is 13.4. The topological polar surface area (TPSA) is 87.3 Å². The van der Waals surface area contributed by atoms with E-state index in [1.807, 2.05) is 40.0 Å². The molecule has 2 atom stereocenters. The highest BCUT2D eigenvalue weighted by atomic mass is 32.2. The van der Waals surface area contributed by atoms with Crippen molar-refractivity contribution in [3.8, 4) is 0 Å². The molecule has 0 aliphatic heterocycles. The van der Waals surface area contributed by atoms with Gasteiger partial charge in [0.05, 0.1) is 0 Å². The lowest BCUT2D eigenvalue weighted by atomic mass is 10.1. The van der Waals surface area contributed by atoms with Crippen molar-refractivity contribution in [2.24, 2.45) is 0 Å². The highest BCUT2D eigenvalue weighted by Gasteiger charge is 2.26. The predicted molar refractivity (Wildman–Crippen MR) is 111 cm³/mol. The smallest absolute Gasteiger partial charge is 0.251 e. The number of rotatable bonds is 8. The minimum atomic E-state index is -0.699. The number of hydrogen-bond donors (Lipinski definition) is 3. The van der Waals surface area contributed by atoms with Crippen LogP contribution in [-0.2, 0) is 9.59 Å². The summed E-state index contributed by atoms with van der Waals surface area (Å²) in [6.07, 6.45) is 2.43. The van der Waals surface area contributed by atoms with Gasteiger partial charge in [-0.3, -0.25) is 14.4 Å². The fraction of sp³-hybridized carbons (Fsp3) is 0.550. The van der Waals surface area contributed by atoms with Crippen LogP contribution in [0.4, 0.5) is 0 Å². The Morgan fingerprint density at radius 1 is 1.11 bits per heavy atom. The standard InChI is InChI=1S/C20H31N3O3S/c1-13-8-7-9-15(12-13)18(25)22-16(10-11-27-6)19(26)21-14(2)17(24)23-20(3,4)5/h7-9,12,14,16H,10-11H2,1-6H3,(H,21,26)(H,22,25)(H,23,24). The van der Waals surface area contributed by atoms with Gasteiger partial charge in [-0.2, -0.15) is 11.8 Å². The maximum absolute atomic E-state index is 12.6. The van der Waals surface area contributed by atoms with Crippen molar-refractivity contribution >= 4 is 29.5 Å². The third kappa shape index (κ3) is 8.47. The van der Waals surface area contributed by atoms with Gasteiger partial charge in [0.1, 0.15) is 12.1 Å². The molecule has 0 aromatic heterocycles. The zero-order valence-electron chi connectivity index (χ0n) is 17.0. The summed E-state index contributed by atoms with van der Waals surface area (Å²) in [7, 11) is 0. The van der Waals surface area contributed by atoms with E-state index in [1.54, 1.807) is 36.9 Å². The number of carbonyl (C=O) groups excluding carboxylic acids is 3. The number of thioether (sulfide) groups is 1. The number of aryl methyl sites for hydroxylation is 1. The molecule has 0 aliphatic rings. The maximum atomic E-state index is 12.6. The van der Waals surface area contributed by atoms with Crippen LogP contribution in [0.25, 0.3) is 0 Å². The van der Waals surface area contributed by atoms with Gasteiger partial charge in [-0.1, -0.05) is 17.7 Å². The SMILES string of the molecule is CSCCC(NC(=O)c1cccc(C)c1)C(=O)NC(C)C(=O)NC(C)(C)C. The van der Waals surface area contributed by atoms with Gasteiger partial charge in [-0.05, 0) is 65.2 Å². The van der Waals surface area contributed by atoms with Gasteiger partial charge in [-0.25, -0.2) is 0 Å². The van der Waals surface area contributed by atoms with Gasteiger partial charge < -0.3 is 16.0 Å². The summed E-state index contributed by atoms with van der Waals surface area (Å²) in [6, 6.07) is 5.81. The lowest BCUT2D eigenvalue weighted by Gasteiger charge is -2.25. The molecule has 0 aliphatic carbocycles. The van der Waals surface area contributed by atoms with E-state index in [0.717, 1.165) is 11.3 Å². The molecule has 27 heavy (non-hydrogen) atoms. The average molecular weight is 394 g/mol. The quantitative estimate of drug-likeness (QED) is 0.632. The zero-order valence-corrected chi connectivity index (χ0v) is 17.8. The first kappa shape index (κ1) is 23.0. The van der Waals surface area contributed by atoms with Crippen molar-refractivity contribution < 1.29 is 14.4 Å². The van der Waals surface area contributed by atoms with Crippen molar-refractivity contribution in [3.05, 3.63) is 35.4 Å². The summed E-state index contributed by atoms with van der Waals surface area (Å²) in [6.45, 7) is 9.17. The van der Waals surface area contributed by atoms with Crippen LogP contribution in [0.5, 0.6) is 0 Å². The Morgan fingerprint density at radius 2 is 1.78 bits per heavy atom. The summed E-state index contributed by atoms with van der Waals surface area (Å²) < 4.78 is 0. The van der Waals surface area contributed by atoms with Gasteiger partial charge in [-0.15, -0.1) is 0 Å². The number of benzene rings is 1. The molecule has 0 radical (unpaired) electrons. The average Bonchev–Trinajstić information content (AvgIpc) is 2.56. The molecule has 1 rings (SSSR count). The second kappa shape index (κ2) is 10.3. The first-order chi connectivity index (χ1) is 12.5. The first-order valence-electron chi connectivity index (χ1n) is 9.02. The largest absolute Gasteiger partial charge is 0.350 e. The van der Waals surface area contributed by atoms with Gasteiger partial charge in [0.15, 0.2) is 0 Å². The van der Waals surface area contributed by atoms with Crippen LogP contribution in [0.2, 0.25) is 0 Å². The summed E-state index contributed by atoms with van der Waals surface area (Å²) in [5.74, 6) is -0.202. The number of hydrogen-bond acceptors (Lipinski definition) is 4. The first-order valence-corrected chi connectivity index (χ1v) is 10.4. The molecular weight excluding hydrogens is 362 g/mol. The molecule has 3 N–H and O–H groups in total. The molecular formula is C20H31N3O3S. The third-order valence-corrected chi connectivity index (χ3v) is 4.41. The van der Waals surface area contributed by atoms with Crippen molar-refractivity contribution in [2.75, 3.05) is 12.0 Å². The highest BCUT2D eigenvalue weighted by molar-refractivity contribution is 7.98. The lowest BCUT2D eigenvalue weighted by molar-refractivity contribution is -0.130. The molecule has 0 heterocycles. The lowest BCUT2D eigenvalue weighted by Crippen LogP contribution is -2.55. The predicted octanol–water partition coefficient (Wildman–Crippen LogP) is 2.27.